The van der Waals surface area contributed by atoms with Gasteiger partial charge in [0, 0.05) is 17.0 Å². The monoisotopic (exact) mass is 279 g/mol. The van der Waals surface area contributed by atoms with Crippen molar-refractivity contribution in [3.8, 4) is 0 Å². The van der Waals surface area contributed by atoms with Crippen molar-refractivity contribution in [3.05, 3.63) is 23.0 Å². The van der Waals surface area contributed by atoms with Crippen molar-refractivity contribution in [2.75, 3.05) is 6.61 Å². The number of hydrogen-bond donors (Lipinski definition) is 1. The van der Waals surface area contributed by atoms with Crippen molar-refractivity contribution in [3.63, 3.8) is 0 Å². The van der Waals surface area contributed by atoms with Crippen LogP contribution >= 0.6 is 0 Å². The van der Waals surface area contributed by atoms with Gasteiger partial charge >= 0.3 is 5.97 Å². The van der Waals surface area contributed by atoms with Gasteiger partial charge < -0.3 is 14.4 Å². The summed E-state index contributed by atoms with van der Waals surface area (Å²) in [6, 6.07) is 1.66. The highest BCUT2D eigenvalue weighted by Gasteiger charge is 2.35. The molecule has 2 rings (SSSR count). The highest BCUT2D eigenvalue weighted by molar-refractivity contribution is 5.74. The van der Waals surface area contributed by atoms with Crippen LogP contribution < -0.4 is 0 Å². The summed E-state index contributed by atoms with van der Waals surface area (Å²) in [6.07, 6.45) is 1.19. The molecule has 1 aliphatic rings. The number of aliphatic hydroxyl groups excluding tert-OH is 1. The molecule has 1 heterocycles. The molecule has 1 aliphatic carbocycles. The molecular formula is C16H25NO3. The predicted octanol–water partition coefficient (Wildman–Crippen LogP) is 2.93. The molecule has 4 heteroatoms. The molecule has 4 nitrogen and oxygen atoms in total. The van der Waals surface area contributed by atoms with Crippen LogP contribution in [-0.4, -0.2) is 22.2 Å². The van der Waals surface area contributed by atoms with Crippen molar-refractivity contribution in [1.29, 1.82) is 0 Å². The van der Waals surface area contributed by atoms with E-state index >= 15 is 0 Å². The number of aryl methyl sites for hydroxylation is 1. The van der Waals surface area contributed by atoms with Gasteiger partial charge in [0.05, 0.1) is 12.7 Å². The van der Waals surface area contributed by atoms with E-state index in [1.807, 2.05) is 31.4 Å². The minimum atomic E-state index is -0.442. The second-order valence-corrected chi connectivity index (χ2v) is 6.55. The summed E-state index contributed by atoms with van der Waals surface area (Å²) in [5, 5.41) is 10.3. The summed E-state index contributed by atoms with van der Waals surface area (Å²) < 4.78 is 7.16. The maximum atomic E-state index is 12.0. The molecular weight excluding hydrogens is 254 g/mol. The van der Waals surface area contributed by atoms with Gasteiger partial charge in [-0.1, -0.05) is 13.8 Å². The third kappa shape index (κ3) is 2.62. The number of aliphatic hydroxyl groups is 1. The summed E-state index contributed by atoms with van der Waals surface area (Å²) in [4.78, 5) is 12.0. The molecule has 0 aromatic carbocycles. The minimum Gasteiger partial charge on any atom is -0.464 e. The number of esters is 1. The van der Waals surface area contributed by atoms with Crippen LogP contribution in [0.25, 0.3) is 0 Å². The van der Waals surface area contributed by atoms with Crippen LogP contribution in [0.15, 0.2) is 6.07 Å². The predicted molar refractivity (Wildman–Crippen MR) is 77.6 cm³/mol. The fourth-order valence-electron chi connectivity index (χ4n) is 3.27. The molecule has 0 aliphatic heterocycles. The third-order valence-electron chi connectivity index (χ3n) is 4.13. The van der Waals surface area contributed by atoms with Crippen LogP contribution in [0.5, 0.6) is 0 Å². The molecule has 112 valence electrons. The summed E-state index contributed by atoms with van der Waals surface area (Å²) in [5.41, 5.74) is 3.10. The number of fused-ring (bicyclic) bond motifs is 1. The normalized spacial score (nSPS) is 22.2. The van der Waals surface area contributed by atoms with Crippen molar-refractivity contribution in [2.24, 2.45) is 5.41 Å². The van der Waals surface area contributed by atoms with E-state index in [4.69, 9.17) is 4.74 Å². The molecule has 0 bridgehead atoms. The smallest absolute Gasteiger partial charge is 0.328 e. The van der Waals surface area contributed by atoms with Crippen LogP contribution in [-0.2, 0) is 16.0 Å². The number of rotatable bonds is 3. The number of aromatic nitrogens is 1. The van der Waals surface area contributed by atoms with Gasteiger partial charge in [-0.3, -0.25) is 0 Å². The number of carbonyl (C=O) groups is 1. The van der Waals surface area contributed by atoms with Crippen molar-refractivity contribution >= 4 is 5.97 Å². The Morgan fingerprint density at radius 2 is 2.25 bits per heavy atom. The zero-order chi connectivity index (χ0) is 15.1. The van der Waals surface area contributed by atoms with E-state index in [0.717, 1.165) is 29.8 Å². The highest BCUT2D eigenvalue weighted by Crippen LogP contribution is 2.42. The average molecular weight is 279 g/mol. The first kappa shape index (κ1) is 15.1. The van der Waals surface area contributed by atoms with Gasteiger partial charge in [0.15, 0.2) is 0 Å². The van der Waals surface area contributed by atoms with Crippen LogP contribution in [0.4, 0.5) is 0 Å². The Morgan fingerprint density at radius 1 is 1.60 bits per heavy atom. The second-order valence-electron chi connectivity index (χ2n) is 6.55. The molecule has 0 amide bonds. The lowest BCUT2D eigenvalue weighted by Crippen LogP contribution is -2.29. The molecule has 1 aromatic heterocycles. The molecule has 0 saturated heterocycles. The van der Waals surface area contributed by atoms with Crippen LogP contribution in [0.3, 0.4) is 0 Å². The fraction of sp³-hybridized carbons (Fsp3) is 0.688. The van der Waals surface area contributed by atoms with Gasteiger partial charge in [0.2, 0.25) is 0 Å². The zero-order valence-electron chi connectivity index (χ0n) is 13.1. The first-order chi connectivity index (χ1) is 9.26. The third-order valence-corrected chi connectivity index (χ3v) is 4.13. The number of hydrogen-bond acceptors (Lipinski definition) is 3. The van der Waals surface area contributed by atoms with E-state index in [1.165, 1.54) is 0 Å². The molecule has 0 fully saturated rings. The van der Waals surface area contributed by atoms with Crippen LogP contribution in [0.2, 0.25) is 0 Å². The van der Waals surface area contributed by atoms with E-state index in [-0.39, 0.29) is 17.4 Å². The summed E-state index contributed by atoms with van der Waals surface area (Å²) >= 11 is 0. The largest absolute Gasteiger partial charge is 0.464 e. The maximum Gasteiger partial charge on any atom is 0.328 e. The molecule has 1 aromatic rings. The lowest BCUT2D eigenvalue weighted by molar-refractivity contribution is -0.146. The van der Waals surface area contributed by atoms with E-state index < -0.39 is 6.10 Å². The van der Waals surface area contributed by atoms with Crippen molar-refractivity contribution in [1.82, 2.24) is 4.57 Å². The zero-order valence-corrected chi connectivity index (χ0v) is 13.1. The average Bonchev–Trinajstić information content (AvgIpc) is 2.64. The molecule has 0 radical (unpaired) electrons. The van der Waals surface area contributed by atoms with Gasteiger partial charge in [0.25, 0.3) is 0 Å². The van der Waals surface area contributed by atoms with Gasteiger partial charge in [-0.15, -0.1) is 0 Å². The molecule has 1 N–H and O–H groups in total. The van der Waals surface area contributed by atoms with E-state index in [2.05, 4.69) is 13.8 Å². The summed E-state index contributed by atoms with van der Waals surface area (Å²) in [5.74, 6) is -0.216. The lowest BCUT2D eigenvalue weighted by atomic mass is 9.75. The molecule has 2 unspecified atom stereocenters. The molecule has 0 saturated carbocycles. The number of carbonyl (C=O) groups excluding carboxylic acids is 1. The quantitative estimate of drug-likeness (QED) is 0.866. The summed E-state index contributed by atoms with van der Waals surface area (Å²) in [6.45, 7) is 10.4. The number of nitrogens with zero attached hydrogens (tertiary/aromatic N) is 1. The van der Waals surface area contributed by atoms with E-state index in [1.54, 1.807) is 0 Å². The Hall–Kier alpha value is -1.29. The second kappa shape index (κ2) is 5.24. The molecule has 0 spiro atoms. The first-order valence-corrected chi connectivity index (χ1v) is 7.32. The highest BCUT2D eigenvalue weighted by atomic mass is 16.5. The SMILES string of the molecule is CCOC(=O)C(C)n1c(C)cc2c1CC(C)(C)CC2O. The summed E-state index contributed by atoms with van der Waals surface area (Å²) in [7, 11) is 0. The van der Waals surface area contributed by atoms with Gasteiger partial charge in [-0.2, -0.15) is 0 Å². The van der Waals surface area contributed by atoms with E-state index in [9.17, 15) is 9.90 Å². The number of ether oxygens (including phenoxy) is 1. The minimum absolute atomic E-state index is 0.0450. The lowest BCUT2D eigenvalue weighted by Gasteiger charge is -2.34. The standard InChI is InChI=1S/C16H25NO3/c1-6-20-15(19)11(3)17-10(2)7-12-13(17)8-16(4,5)9-14(12)18/h7,11,14,18H,6,8-9H2,1-5H3. The van der Waals surface area contributed by atoms with Crippen LogP contribution in [0.1, 0.15) is 63.2 Å². The Balaban J connectivity index is 2.43. The molecule has 20 heavy (non-hydrogen) atoms. The molecule has 2 atom stereocenters. The van der Waals surface area contributed by atoms with E-state index in [0.29, 0.717) is 6.61 Å². The Morgan fingerprint density at radius 3 is 2.85 bits per heavy atom. The fourth-order valence-corrected chi connectivity index (χ4v) is 3.27. The van der Waals surface area contributed by atoms with Crippen molar-refractivity contribution in [2.45, 2.75) is 59.6 Å². The first-order valence-electron chi connectivity index (χ1n) is 7.32. The topological polar surface area (TPSA) is 51.5 Å². The van der Waals surface area contributed by atoms with Crippen LogP contribution in [0, 0.1) is 12.3 Å². The Kier molecular flexibility index (Phi) is 3.96. The maximum absolute atomic E-state index is 12.0. The Labute approximate surface area is 120 Å². The van der Waals surface area contributed by atoms with Crippen molar-refractivity contribution < 1.29 is 14.6 Å². The van der Waals surface area contributed by atoms with Gasteiger partial charge in [-0.25, -0.2) is 4.79 Å². The van der Waals surface area contributed by atoms with Gasteiger partial charge in [0.1, 0.15) is 6.04 Å². The van der Waals surface area contributed by atoms with Gasteiger partial charge in [-0.05, 0) is 45.1 Å². The Bertz CT molecular complexity index is 516.